The van der Waals surface area contributed by atoms with E-state index in [9.17, 15) is 0 Å². The highest BCUT2D eigenvalue weighted by Gasteiger charge is 2.23. The van der Waals surface area contributed by atoms with E-state index in [-0.39, 0.29) is 0 Å². The van der Waals surface area contributed by atoms with Gasteiger partial charge in [-0.05, 0) is 51.4 Å². The van der Waals surface area contributed by atoms with Gasteiger partial charge in [0.05, 0.1) is 23.1 Å². The average Bonchev–Trinajstić information content (AvgIpc) is 3.57. The van der Waals surface area contributed by atoms with Crippen molar-refractivity contribution in [3.63, 3.8) is 0 Å². The van der Waals surface area contributed by atoms with Gasteiger partial charge < -0.3 is 16.0 Å². The fourth-order valence-electron chi connectivity index (χ4n) is 5.12. The zero-order valence-electron chi connectivity index (χ0n) is 21.5. The van der Waals surface area contributed by atoms with Gasteiger partial charge in [-0.2, -0.15) is 14.7 Å². The van der Waals surface area contributed by atoms with Crippen molar-refractivity contribution in [1.82, 2.24) is 35.0 Å². The summed E-state index contributed by atoms with van der Waals surface area (Å²) in [6, 6.07) is 2.16. The van der Waals surface area contributed by atoms with Crippen LogP contribution in [0, 0.1) is 5.92 Å². The largest absolute Gasteiger partial charge is 0.334 e. The molecule has 0 saturated carbocycles. The summed E-state index contributed by atoms with van der Waals surface area (Å²) in [5.41, 5.74) is 5.31. The molecular formula is C26H37N9S. The van der Waals surface area contributed by atoms with Crippen molar-refractivity contribution in [2.24, 2.45) is 17.4 Å². The molecule has 1 unspecified atom stereocenters. The Labute approximate surface area is 217 Å². The molecule has 1 atom stereocenters. The molecule has 0 bridgehead atoms. The minimum atomic E-state index is 0.397. The monoisotopic (exact) mass is 507 g/mol. The van der Waals surface area contributed by atoms with E-state index in [0.29, 0.717) is 11.8 Å². The fourth-order valence-corrected chi connectivity index (χ4v) is 5.87. The van der Waals surface area contributed by atoms with E-state index >= 15 is 0 Å². The third-order valence-corrected chi connectivity index (χ3v) is 7.83. The lowest BCUT2D eigenvalue weighted by Gasteiger charge is -2.26. The summed E-state index contributed by atoms with van der Waals surface area (Å²) >= 11 is 1.55. The molecule has 10 heteroatoms. The number of hydrogen-bond acceptors (Lipinski definition) is 8. The normalized spacial score (nSPS) is 20.9. The molecule has 0 amide bonds. The summed E-state index contributed by atoms with van der Waals surface area (Å²) in [7, 11) is 1.93. The Bertz CT molecular complexity index is 1230. The Balaban J connectivity index is 0.00000130. The summed E-state index contributed by atoms with van der Waals surface area (Å²) in [5.74, 6) is 1.94. The molecule has 3 aromatic rings. The number of allylic oxidation sites excluding steroid dienone is 1. The number of piperidine rings is 2. The molecule has 192 valence electrons. The number of nitrogens with one attached hydrogen (secondary N) is 3. The second-order valence-electron chi connectivity index (χ2n) is 9.40. The van der Waals surface area contributed by atoms with Crippen LogP contribution >= 0.6 is 11.9 Å². The molecule has 3 aliphatic rings. The maximum absolute atomic E-state index is 5.10. The van der Waals surface area contributed by atoms with Crippen LogP contribution in [0.25, 0.3) is 16.8 Å². The van der Waals surface area contributed by atoms with E-state index in [1.54, 1.807) is 11.9 Å². The van der Waals surface area contributed by atoms with Crippen LogP contribution in [0.15, 0.2) is 40.2 Å². The molecule has 0 aliphatic carbocycles. The Morgan fingerprint density at radius 2 is 1.89 bits per heavy atom. The second kappa shape index (κ2) is 11.6. The van der Waals surface area contributed by atoms with E-state index in [2.05, 4.69) is 33.2 Å². The topological polar surface area (TPSA) is 96.5 Å². The van der Waals surface area contributed by atoms with Gasteiger partial charge in [-0.25, -0.2) is 9.38 Å². The van der Waals surface area contributed by atoms with Crippen molar-refractivity contribution >= 4 is 29.1 Å². The molecule has 36 heavy (non-hydrogen) atoms. The van der Waals surface area contributed by atoms with Crippen LogP contribution in [0.1, 0.15) is 57.6 Å². The first-order valence-electron chi connectivity index (χ1n) is 13.2. The van der Waals surface area contributed by atoms with Crippen LogP contribution in [0.4, 0.5) is 5.82 Å². The number of aromatic nitrogens is 5. The summed E-state index contributed by atoms with van der Waals surface area (Å²) in [4.78, 5) is 5.10. The van der Waals surface area contributed by atoms with Gasteiger partial charge in [0.2, 0.25) is 0 Å². The molecule has 0 spiro atoms. The molecule has 6 rings (SSSR count). The van der Waals surface area contributed by atoms with Crippen molar-refractivity contribution < 1.29 is 0 Å². The van der Waals surface area contributed by atoms with Crippen LogP contribution in [-0.2, 0) is 7.05 Å². The lowest BCUT2D eigenvalue weighted by molar-refractivity contribution is 0.454. The van der Waals surface area contributed by atoms with Gasteiger partial charge in [0.1, 0.15) is 5.82 Å². The standard InChI is InChI=1S/C24H31N9S.C2H6/c1-32-15-18(13-27-32)19-14-28-33-22(11-21(29-24(19)33)17-3-2-8-26-12-17)30-23-5-4-20(31-34-23)16-6-9-25-10-7-16;1-2/h5,11,13-17,25-26,30H,2-4,6-10,12H2,1H3;1-2H3. The van der Waals surface area contributed by atoms with Gasteiger partial charge in [0.15, 0.2) is 5.65 Å². The zero-order valence-corrected chi connectivity index (χ0v) is 22.3. The summed E-state index contributed by atoms with van der Waals surface area (Å²) in [6.45, 7) is 8.23. The molecule has 3 aliphatic heterocycles. The van der Waals surface area contributed by atoms with Gasteiger partial charge in [-0.1, -0.05) is 13.8 Å². The average molecular weight is 508 g/mol. The Hall–Kier alpha value is -2.69. The maximum atomic E-state index is 5.10. The van der Waals surface area contributed by atoms with Crippen molar-refractivity contribution in [1.29, 1.82) is 0 Å². The molecule has 0 radical (unpaired) electrons. The van der Waals surface area contributed by atoms with Crippen LogP contribution in [0.5, 0.6) is 0 Å². The van der Waals surface area contributed by atoms with Crippen LogP contribution in [0.2, 0.25) is 0 Å². The van der Waals surface area contributed by atoms with Crippen molar-refractivity contribution in [2.45, 2.75) is 51.9 Å². The molecule has 2 saturated heterocycles. The number of nitrogens with zero attached hydrogens (tertiary/aromatic N) is 6. The molecule has 6 heterocycles. The Morgan fingerprint density at radius 3 is 2.58 bits per heavy atom. The third-order valence-electron chi connectivity index (χ3n) is 7.04. The van der Waals surface area contributed by atoms with Gasteiger partial charge in [-0.3, -0.25) is 4.68 Å². The van der Waals surface area contributed by atoms with Crippen LogP contribution in [0.3, 0.4) is 0 Å². The first kappa shape index (κ1) is 25.0. The van der Waals surface area contributed by atoms with Crippen LogP contribution in [-0.4, -0.2) is 56.3 Å². The van der Waals surface area contributed by atoms with Gasteiger partial charge in [0.25, 0.3) is 0 Å². The van der Waals surface area contributed by atoms with Crippen molar-refractivity contribution in [2.75, 3.05) is 31.5 Å². The lowest BCUT2D eigenvalue weighted by atomic mass is 9.91. The molecule has 2 fully saturated rings. The van der Waals surface area contributed by atoms with Crippen LogP contribution < -0.4 is 16.0 Å². The maximum Gasteiger partial charge on any atom is 0.165 e. The van der Waals surface area contributed by atoms with Gasteiger partial charge >= 0.3 is 0 Å². The van der Waals surface area contributed by atoms with E-state index in [0.717, 1.165) is 72.3 Å². The van der Waals surface area contributed by atoms with Gasteiger partial charge in [0, 0.05) is 72.9 Å². The minimum Gasteiger partial charge on any atom is -0.334 e. The Morgan fingerprint density at radius 1 is 1.03 bits per heavy atom. The predicted octanol–water partition coefficient (Wildman–Crippen LogP) is 4.37. The number of hydrogen-bond donors (Lipinski definition) is 3. The highest BCUT2D eigenvalue weighted by atomic mass is 32.2. The first-order chi connectivity index (χ1) is 17.7. The molecule has 3 N–H and O–H groups in total. The van der Waals surface area contributed by atoms with E-state index in [1.807, 2.05) is 48.7 Å². The van der Waals surface area contributed by atoms with Crippen molar-refractivity contribution in [3.05, 3.63) is 41.5 Å². The Kier molecular flexibility index (Phi) is 8.03. The van der Waals surface area contributed by atoms with E-state index in [4.69, 9.17) is 14.5 Å². The second-order valence-corrected chi connectivity index (χ2v) is 10.2. The minimum absolute atomic E-state index is 0.397. The van der Waals surface area contributed by atoms with Gasteiger partial charge in [-0.15, -0.1) is 0 Å². The van der Waals surface area contributed by atoms with E-state index in [1.165, 1.54) is 25.0 Å². The summed E-state index contributed by atoms with van der Waals surface area (Å²) in [5, 5.41) is 20.7. The highest BCUT2D eigenvalue weighted by molar-refractivity contribution is 8.02. The fraction of sp³-hybridized carbons (Fsp3) is 0.538. The molecule has 0 aromatic carbocycles. The highest BCUT2D eigenvalue weighted by Crippen LogP contribution is 2.33. The first-order valence-corrected chi connectivity index (χ1v) is 14.0. The summed E-state index contributed by atoms with van der Waals surface area (Å²) in [6.07, 6.45) is 13.6. The third kappa shape index (κ3) is 5.35. The quantitative estimate of drug-likeness (QED) is 0.441. The number of fused-ring (bicyclic) bond motifs is 1. The molecular weight excluding hydrogens is 470 g/mol. The lowest BCUT2D eigenvalue weighted by Crippen LogP contribution is -2.32. The molecule has 9 nitrogen and oxygen atoms in total. The number of anilines is 1. The number of rotatable bonds is 5. The SMILES string of the molecule is CC.Cn1cc(-c2cnn3c(NC4=CCC(C5CCNCC5)=NS4)cc(C4CCCNC4)nc23)cn1. The van der Waals surface area contributed by atoms with E-state index < -0.39 is 0 Å². The summed E-state index contributed by atoms with van der Waals surface area (Å²) < 4.78 is 8.61. The van der Waals surface area contributed by atoms with Crippen molar-refractivity contribution in [3.8, 4) is 11.1 Å². The zero-order chi connectivity index (χ0) is 24.9. The smallest absolute Gasteiger partial charge is 0.165 e. The predicted molar refractivity (Wildman–Crippen MR) is 148 cm³/mol. The molecule has 3 aromatic heterocycles. The number of aryl methyl sites for hydroxylation is 1.